The second kappa shape index (κ2) is 3.37. The Morgan fingerprint density at radius 2 is 2.15 bits per heavy atom. The van der Waals surface area contributed by atoms with Crippen LogP contribution in [0.4, 0.5) is 0 Å². The van der Waals surface area contributed by atoms with Gasteiger partial charge in [-0.3, -0.25) is 0 Å². The highest BCUT2D eigenvalue weighted by Gasteiger charge is 2.55. The van der Waals surface area contributed by atoms with Crippen molar-refractivity contribution in [1.82, 2.24) is 0 Å². The van der Waals surface area contributed by atoms with Gasteiger partial charge in [0.2, 0.25) is 0 Å². The van der Waals surface area contributed by atoms with E-state index in [0.717, 1.165) is 15.8 Å². The van der Waals surface area contributed by atoms with Gasteiger partial charge < -0.3 is 4.74 Å². The fraction of sp³-hybridized carbons (Fsp3) is 1.00. The number of hydrogen-bond acceptors (Lipinski definition) is 1. The molecule has 0 amide bonds. The molecule has 5 atom stereocenters. The Morgan fingerprint density at radius 3 is 2.69 bits per heavy atom. The standard InChI is InChI=1S/C11H19IO/c1-7(8(2)12)9-4-5-11(3)10(6-9)13-11/h7-10H,4-6H2,1-3H3. The molecule has 1 heterocycles. The van der Waals surface area contributed by atoms with Crippen LogP contribution >= 0.6 is 22.6 Å². The number of epoxide rings is 1. The van der Waals surface area contributed by atoms with Crippen molar-refractivity contribution in [3.05, 3.63) is 0 Å². The maximum atomic E-state index is 5.72. The average molecular weight is 294 g/mol. The van der Waals surface area contributed by atoms with Crippen molar-refractivity contribution in [3.63, 3.8) is 0 Å². The van der Waals surface area contributed by atoms with E-state index < -0.39 is 0 Å². The van der Waals surface area contributed by atoms with E-state index in [1.165, 1.54) is 19.3 Å². The smallest absolute Gasteiger partial charge is 0.0920 e. The van der Waals surface area contributed by atoms with E-state index in [0.29, 0.717) is 11.7 Å². The highest BCUT2D eigenvalue weighted by Crippen LogP contribution is 2.51. The van der Waals surface area contributed by atoms with Crippen LogP contribution in [0.5, 0.6) is 0 Å². The molecule has 2 fully saturated rings. The Labute approximate surface area is 94.8 Å². The summed E-state index contributed by atoms with van der Waals surface area (Å²) in [5, 5.41) is 0. The second-order valence-electron chi connectivity index (χ2n) is 4.99. The normalized spacial score (nSPS) is 48.0. The van der Waals surface area contributed by atoms with Crippen molar-refractivity contribution in [2.75, 3.05) is 0 Å². The molecule has 2 heteroatoms. The molecule has 1 saturated heterocycles. The molecule has 0 aromatic heterocycles. The monoisotopic (exact) mass is 294 g/mol. The maximum absolute atomic E-state index is 5.72. The zero-order valence-corrected chi connectivity index (χ0v) is 10.9. The first-order valence-corrected chi connectivity index (χ1v) is 6.59. The van der Waals surface area contributed by atoms with Gasteiger partial charge in [0, 0.05) is 3.92 Å². The summed E-state index contributed by atoms with van der Waals surface area (Å²) in [6, 6.07) is 0. The number of halogens is 1. The van der Waals surface area contributed by atoms with Gasteiger partial charge >= 0.3 is 0 Å². The molecule has 1 aliphatic carbocycles. The van der Waals surface area contributed by atoms with Crippen molar-refractivity contribution >= 4 is 22.6 Å². The largest absolute Gasteiger partial charge is 0.366 e. The van der Waals surface area contributed by atoms with E-state index in [1.54, 1.807) is 0 Å². The Balaban J connectivity index is 1.90. The summed E-state index contributed by atoms with van der Waals surface area (Å²) in [6.45, 7) is 6.99. The first kappa shape index (κ1) is 10.2. The van der Waals surface area contributed by atoms with Crippen LogP contribution in [0.2, 0.25) is 0 Å². The van der Waals surface area contributed by atoms with Crippen molar-refractivity contribution in [2.45, 2.75) is 55.7 Å². The lowest BCUT2D eigenvalue weighted by atomic mass is 9.76. The van der Waals surface area contributed by atoms with Crippen molar-refractivity contribution in [2.24, 2.45) is 11.8 Å². The number of fused-ring (bicyclic) bond motifs is 1. The lowest BCUT2D eigenvalue weighted by Gasteiger charge is -2.29. The van der Waals surface area contributed by atoms with Crippen molar-refractivity contribution < 1.29 is 4.74 Å². The van der Waals surface area contributed by atoms with Gasteiger partial charge in [0.05, 0.1) is 11.7 Å². The van der Waals surface area contributed by atoms with Crippen LogP contribution in [-0.4, -0.2) is 15.6 Å². The molecule has 13 heavy (non-hydrogen) atoms. The summed E-state index contributed by atoms with van der Waals surface area (Å²) >= 11 is 2.55. The summed E-state index contributed by atoms with van der Waals surface area (Å²) in [5.41, 5.74) is 0.296. The minimum atomic E-state index is 0.296. The van der Waals surface area contributed by atoms with Gasteiger partial charge in [-0.15, -0.1) is 0 Å². The van der Waals surface area contributed by atoms with Crippen molar-refractivity contribution in [3.8, 4) is 0 Å². The Hall–Kier alpha value is 0.690. The zero-order valence-electron chi connectivity index (χ0n) is 8.72. The molecule has 1 nitrogen and oxygen atoms in total. The predicted octanol–water partition coefficient (Wildman–Crippen LogP) is 3.40. The molecule has 1 saturated carbocycles. The van der Waals surface area contributed by atoms with Crippen LogP contribution in [0.3, 0.4) is 0 Å². The lowest BCUT2D eigenvalue weighted by molar-refractivity contribution is 0.265. The SMILES string of the molecule is CC(I)C(C)C1CCC2(C)OC2C1. The molecule has 0 spiro atoms. The minimum absolute atomic E-state index is 0.296. The quantitative estimate of drug-likeness (QED) is 0.432. The first-order chi connectivity index (χ1) is 6.03. The van der Waals surface area contributed by atoms with Crippen molar-refractivity contribution in [1.29, 1.82) is 0 Å². The number of rotatable bonds is 2. The van der Waals surface area contributed by atoms with E-state index in [4.69, 9.17) is 4.74 Å². The molecule has 2 rings (SSSR count). The van der Waals surface area contributed by atoms with E-state index in [1.807, 2.05) is 0 Å². The van der Waals surface area contributed by atoms with Crippen LogP contribution in [0.1, 0.15) is 40.0 Å². The number of ether oxygens (including phenoxy) is 1. The van der Waals surface area contributed by atoms with Crippen LogP contribution in [0, 0.1) is 11.8 Å². The molecule has 0 aromatic carbocycles. The van der Waals surface area contributed by atoms with E-state index in [2.05, 4.69) is 43.4 Å². The Bertz CT molecular complexity index is 204. The lowest BCUT2D eigenvalue weighted by Crippen LogP contribution is -2.28. The molecule has 0 radical (unpaired) electrons. The van der Waals surface area contributed by atoms with Gasteiger partial charge in [-0.2, -0.15) is 0 Å². The van der Waals surface area contributed by atoms with E-state index in [-0.39, 0.29) is 0 Å². The molecule has 0 bridgehead atoms. The van der Waals surface area contributed by atoms with Gasteiger partial charge in [-0.25, -0.2) is 0 Å². The molecule has 76 valence electrons. The molecule has 0 N–H and O–H groups in total. The number of alkyl halides is 1. The summed E-state index contributed by atoms with van der Waals surface area (Å²) in [7, 11) is 0. The van der Waals surface area contributed by atoms with Crippen LogP contribution < -0.4 is 0 Å². The molecule has 0 aromatic rings. The molecular formula is C11H19IO. The van der Waals surface area contributed by atoms with Gasteiger partial charge in [0.1, 0.15) is 0 Å². The highest BCUT2D eigenvalue weighted by molar-refractivity contribution is 14.1. The van der Waals surface area contributed by atoms with Gasteiger partial charge in [-0.05, 0) is 38.0 Å². The number of hydrogen-bond donors (Lipinski definition) is 0. The van der Waals surface area contributed by atoms with E-state index >= 15 is 0 Å². The first-order valence-electron chi connectivity index (χ1n) is 5.35. The highest BCUT2D eigenvalue weighted by atomic mass is 127. The summed E-state index contributed by atoms with van der Waals surface area (Å²) in [4.78, 5) is 0. The van der Waals surface area contributed by atoms with Gasteiger partial charge in [-0.1, -0.05) is 36.4 Å². The maximum Gasteiger partial charge on any atom is 0.0920 e. The summed E-state index contributed by atoms with van der Waals surface area (Å²) < 4.78 is 6.52. The summed E-state index contributed by atoms with van der Waals surface area (Å²) in [6.07, 6.45) is 4.58. The third kappa shape index (κ3) is 1.89. The van der Waals surface area contributed by atoms with Gasteiger partial charge in [0.25, 0.3) is 0 Å². The molecule has 5 unspecified atom stereocenters. The summed E-state index contributed by atoms with van der Waals surface area (Å²) in [5.74, 6) is 1.77. The fourth-order valence-electron chi connectivity index (χ4n) is 2.53. The third-order valence-corrected chi connectivity index (χ3v) is 5.17. The Kier molecular flexibility index (Phi) is 2.65. The topological polar surface area (TPSA) is 12.5 Å². The average Bonchev–Trinajstić information content (AvgIpc) is 2.73. The molecule has 1 aliphatic heterocycles. The molecular weight excluding hydrogens is 275 g/mol. The zero-order chi connectivity index (χ0) is 9.64. The van der Waals surface area contributed by atoms with Gasteiger partial charge in [0.15, 0.2) is 0 Å². The molecule has 2 aliphatic rings. The fourth-order valence-corrected chi connectivity index (χ4v) is 3.11. The van der Waals surface area contributed by atoms with Crippen LogP contribution in [0.15, 0.2) is 0 Å². The van der Waals surface area contributed by atoms with Crippen LogP contribution in [-0.2, 0) is 4.74 Å². The third-order valence-electron chi connectivity index (χ3n) is 4.03. The Morgan fingerprint density at radius 1 is 1.46 bits per heavy atom. The van der Waals surface area contributed by atoms with E-state index in [9.17, 15) is 0 Å². The minimum Gasteiger partial charge on any atom is -0.366 e. The van der Waals surface area contributed by atoms with Crippen LogP contribution in [0.25, 0.3) is 0 Å². The second-order valence-corrected chi connectivity index (χ2v) is 6.96. The predicted molar refractivity (Wildman–Crippen MR) is 63.3 cm³/mol.